The topological polar surface area (TPSA) is 72.4 Å². The molecule has 0 aromatic carbocycles. The highest BCUT2D eigenvalue weighted by Crippen LogP contribution is 2.22. The molecule has 0 aliphatic rings. The zero-order valence-electron chi connectivity index (χ0n) is 11.0. The Morgan fingerprint density at radius 1 is 1.37 bits per heavy atom. The maximum atomic E-state index is 11.8. The summed E-state index contributed by atoms with van der Waals surface area (Å²) in [6, 6.07) is 1.65. The minimum absolute atomic E-state index is 0.287. The molecule has 0 bridgehead atoms. The molecule has 3 aromatic heterocycles. The summed E-state index contributed by atoms with van der Waals surface area (Å²) < 4.78 is 2.22. The third-order valence-corrected chi connectivity index (χ3v) is 3.31. The van der Waals surface area contributed by atoms with E-state index >= 15 is 0 Å². The molecule has 6 nitrogen and oxygen atoms in total. The molecule has 1 N–H and O–H groups in total. The number of aromatic nitrogens is 4. The van der Waals surface area contributed by atoms with E-state index in [-0.39, 0.29) is 5.92 Å². The summed E-state index contributed by atoms with van der Waals surface area (Å²) in [5.41, 5.74) is 2.88. The van der Waals surface area contributed by atoms with Gasteiger partial charge in [-0.1, -0.05) is 13.8 Å². The van der Waals surface area contributed by atoms with Gasteiger partial charge in [-0.15, -0.1) is 0 Å². The van der Waals surface area contributed by atoms with Crippen molar-refractivity contribution in [2.24, 2.45) is 0 Å². The Morgan fingerprint density at radius 2 is 2.11 bits per heavy atom. The highest BCUT2D eigenvalue weighted by Gasteiger charge is 2.15. The first-order valence-electron chi connectivity index (χ1n) is 6.09. The van der Waals surface area contributed by atoms with E-state index < -0.39 is 5.56 Å². The average Bonchev–Trinajstić information content (AvgIpc) is 2.72. The molecule has 0 radical (unpaired) electrons. The SMILES string of the molecule is Cc1c(C(C)C)nn2c1ncc1c(=O)n(O)ccc12. The lowest BCUT2D eigenvalue weighted by Crippen LogP contribution is -2.17. The van der Waals surface area contributed by atoms with Crippen LogP contribution in [0.2, 0.25) is 0 Å². The van der Waals surface area contributed by atoms with Gasteiger partial charge in [0.05, 0.1) is 16.6 Å². The molecule has 3 heterocycles. The second kappa shape index (κ2) is 3.81. The van der Waals surface area contributed by atoms with Crippen LogP contribution in [0.5, 0.6) is 0 Å². The predicted octanol–water partition coefficient (Wildman–Crippen LogP) is 1.71. The van der Waals surface area contributed by atoms with Crippen LogP contribution in [0, 0.1) is 6.92 Å². The monoisotopic (exact) mass is 258 g/mol. The van der Waals surface area contributed by atoms with Crippen LogP contribution in [0.4, 0.5) is 0 Å². The summed E-state index contributed by atoms with van der Waals surface area (Å²) in [6.07, 6.45) is 2.80. The summed E-state index contributed by atoms with van der Waals surface area (Å²) in [7, 11) is 0. The van der Waals surface area contributed by atoms with E-state index in [4.69, 9.17) is 0 Å². The largest absolute Gasteiger partial charge is 0.425 e. The van der Waals surface area contributed by atoms with E-state index in [0.717, 1.165) is 16.9 Å². The first-order valence-corrected chi connectivity index (χ1v) is 6.09. The van der Waals surface area contributed by atoms with Crippen LogP contribution in [0.25, 0.3) is 16.6 Å². The third kappa shape index (κ3) is 1.53. The molecule has 0 unspecified atom stereocenters. The van der Waals surface area contributed by atoms with Gasteiger partial charge in [0, 0.05) is 18.0 Å². The fraction of sp³-hybridized carbons (Fsp3) is 0.308. The highest BCUT2D eigenvalue weighted by molar-refractivity contribution is 5.79. The van der Waals surface area contributed by atoms with Gasteiger partial charge in [0.15, 0.2) is 5.65 Å². The van der Waals surface area contributed by atoms with Gasteiger partial charge < -0.3 is 5.21 Å². The lowest BCUT2D eigenvalue weighted by atomic mass is 10.1. The normalized spacial score (nSPS) is 11.8. The van der Waals surface area contributed by atoms with Gasteiger partial charge in [0.1, 0.15) is 0 Å². The zero-order chi connectivity index (χ0) is 13.7. The van der Waals surface area contributed by atoms with Crippen molar-refractivity contribution in [1.29, 1.82) is 0 Å². The number of pyridine rings is 1. The van der Waals surface area contributed by atoms with Crippen molar-refractivity contribution in [3.8, 4) is 0 Å². The maximum absolute atomic E-state index is 11.8. The summed E-state index contributed by atoms with van der Waals surface area (Å²) >= 11 is 0. The Balaban J connectivity index is 2.51. The minimum Gasteiger partial charge on any atom is -0.425 e. The Hall–Kier alpha value is -2.37. The van der Waals surface area contributed by atoms with Crippen LogP contribution in [0.3, 0.4) is 0 Å². The highest BCUT2D eigenvalue weighted by atomic mass is 16.5. The van der Waals surface area contributed by atoms with Crippen LogP contribution in [0.15, 0.2) is 23.3 Å². The Kier molecular flexibility index (Phi) is 2.35. The number of fused-ring (bicyclic) bond motifs is 3. The van der Waals surface area contributed by atoms with Crippen LogP contribution in [-0.2, 0) is 0 Å². The first kappa shape index (κ1) is 11.7. The van der Waals surface area contributed by atoms with Crippen LogP contribution in [-0.4, -0.2) is 24.5 Å². The molecule has 0 saturated carbocycles. The van der Waals surface area contributed by atoms with Crippen molar-refractivity contribution in [3.63, 3.8) is 0 Å². The molecule has 98 valence electrons. The van der Waals surface area contributed by atoms with Crippen molar-refractivity contribution in [2.75, 3.05) is 0 Å². The lowest BCUT2D eigenvalue weighted by molar-refractivity contribution is 0.176. The van der Waals surface area contributed by atoms with Crippen molar-refractivity contribution >= 4 is 16.6 Å². The fourth-order valence-electron chi connectivity index (χ4n) is 2.33. The van der Waals surface area contributed by atoms with Crippen molar-refractivity contribution in [3.05, 3.63) is 40.1 Å². The van der Waals surface area contributed by atoms with E-state index in [1.165, 1.54) is 12.4 Å². The average molecular weight is 258 g/mol. The number of hydrogen-bond acceptors (Lipinski definition) is 4. The Labute approximate surface area is 108 Å². The van der Waals surface area contributed by atoms with E-state index in [9.17, 15) is 10.0 Å². The molecule has 6 heteroatoms. The molecular weight excluding hydrogens is 244 g/mol. The van der Waals surface area contributed by atoms with Crippen LogP contribution < -0.4 is 5.56 Å². The quantitative estimate of drug-likeness (QED) is 0.674. The summed E-state index contributed by atoms with van der Waals surface area (Å²) in [4.78, 5) is 16.1. The van der Waals surface area contributed by atoms with E-state index in [1.54, 1.807) is 10.6 Å². The van der Waals surface area contributed by atoms with Gasteiger partial charge in [-0.25, -0.2) is 9.50 Å². The van der Waals surface area contributed by atoms with Crippen molar-refractivity contribution in [1.82, 2.24) is 19.3 Å². The first-order chi connectivity index (χ1) is 9.00. The van der Waals surface area contributed by atoms with Gasteiger partial charge >= 0.3 is 0 Å². The van der Waals surface area contributed by atoms with Crippen LogP contribution >= 0.6 is 0 Å². The summed E-state index contributed by atoms with van der Waals surface area (Å²) in [5, 5.41) is 14.3. The zero-order valence-corrected chi connectivity index (χ0v) is 11.0. The smallest absolute Gasteiger partial charge is 0.293 e. The molecule has 0 fully saturated rings. The summed E-state index contributed by atoms with van der Waals surface area (Å²) in [6.45, 7) is 6.11. The van der Waals surface area contributed by atoms with Gasteiger partial charge in [-0.3, -0.25) is 4.79 Å². The van der Waals surface area contributed by atoms with Crippen molar-refractivity contribution < 1.29 is 5.21 Å². The maximum Gasteiger partial charge on any atom is 0.293 e. The summed E-state index contributed by atoms with van der Waals surface area (Å²) in [5.74, 6) is 0.287. The number of rotatable bonds is 1. The lowest BCUT2D eigenvalue weighted by Gasteiger charge is -2.01. The van der Waals surface area contributed by atoms with Gasteiger partial charge in [-0.2, -0.15) is 9.83 Å². The molecule has 0 spiro atoms. The Morgan fingerprint density at radius 3 is 2.79 bits per heavy atom. The molecule has 0 aliphatic carbocycles. The van der Waals surface area contributed by atoms with Crippen molar-refractivity contribution in [2.45, 2.75) is 26.7 Å². The van der Waals surface area contributed by atoms with E-state index in [1.807, 2.05) is 6.92 Å². The predicted molar refractivity (Wildman–Crippen MR) is 70.8 cm³/mol. The molecule has 3 rings (SSSR count). The Bertz CT molecular complexity index is 845. The fourth-order valence-corrected chi connectivity index (χ4v) is 2.33. The number of nitrogens with zero attached hydrogens (tertiary/aromatic N) is 4. The third-order valence-electron chi connectivity index (χ3n) is 3.31. The second-order valence-corrected chi connectivity index (χ2v) is 4.92. The molecule has 0 aliphatic heterocycles. The minimum atomic E-state index is -0.494. The molecule has 0 saturated heterocycles. The van der Waals surface area contributed by atoms with Gasteiger partial charge in [0.2, 0.25) is 0 Å². The second-order valence-electron chi connectivity index (χ2n) is 4.92. The van der Waals surface area contributed by atoms with Gasteiger partial charge in [0.25, 0.3) is 5.56 Å². The number of aryl methyl sites for hydroxylation is 1. The molecule has 0 atom stereocenters. The van der Waals surface area contributed by atoms with E-state index in [0.29, 0.717) is 15.6 Å². The molecule has 3 aromatic rings. The number of hydrogen-bond donors (Lipinski definition) is 1. The van der Waals surface area contributed by atoms with Gasteiger partial charge in [-0.05, 0) is 18.9 Å². The molecule has 19 heavy (non-hydrogen) atoms. The molecular formula is C13H14N4O2. The molecule has 0 amide bonds. The van der Waals surface area contributed by atoms with Crippen LogP contribution in [0.1, 0.15) is 31.0 Å². The van der Waals surface area contributed by atoms with E-state index in [2.05, 4.69) is 23.9 Å². The standard InChI is InChI=1S/C13H14N4O2/c1-7(2)11-8(3)12-14-6-9-10(17(12)15-11)4-5-16(19)13(9)18/h4-7,19H,1-3H3.